The number of amides is 2. The Morgan fingerprint density at radius 2 is 2.04 bits per heavy atom. The van der Waals surface area contributed by atoms with Crippen LogP contribution in [0.25, 0.3) is 0 Å². The zero-order valence-corrected chi connectivity index (χ0v) is 14.5. The van der Waals surface area contributed by atoms with Crippen molar-refractivity contribution >= 4 is 27.7 Å². The van der Waals surface area contributed by atoms with E-state index < -0.39 is 16.1 Å². The lowest BCUT2D eigenvalue weighted by atomic mass is 10.2. The van der Waals surface area contributed by atoms with Gasteiger partial charge in [0.15, 0.2) is 0 Å². The van der Waals surface area contributed by atoms with E-state index in [0.717, 1.165) is 0 Å². The van der Waals surface area contributed by atoms with E-state index >= 15 is 0 Å². The highest BCUT2D eigenvalue weighted by Gasteiger charge is 2.30. The number of carbonyl (C=O) groups excluding carboxylic acids is 1. The number of sulfonamides is 1. The Morgan fingerprint density at radius 3 is 2.60 bits per heavy atom. The van der Waals surface area contributed by atoms with Crippen molar-refractivity contribution in [2.24, 2.45) is 0 Å². The fourth-order valence-electron chi connectivity index (χ4n) is 2.61. The maximum Gasteiger partial charge on any atom is 0.404 e. The first-order valence-electron chi connectivity index (χ1n) is 7.91. The van der Waals surface area contributed by atoms with Gasteiger partial charge in [-0.15, -0.1) is 0 Å². The Labute approximate surface area is 146 Å². The number of hydrogen-bond donors (Lipinski definition) is 4. The third kappa shape index (κ3) is 5.33. The van der Waals surface area contributed by atoms with Gasteiger partial charge in [0, 0.05) is 37.8 Å². The predicted octanol–water partition coefficient (Wildman–Crippen LogP) is 0.196. The Kier molecular flexibility index (Phi) is 6.21. The number of rotatable bonds is 8. The van der Waals surface area contributed by atoms with E-state index in [1.54, 1.807) is 0 Å². The maximum atomic E-state index is 12.9. The van der Waals surface area contributed by atoms with Crippen LogP contribution in [0.3, 0.4) is 0 Å². The molecule has 1 aromatic carbocycles. The molecule has 1 fully saturated rings. The molecular formula is C15H22N4O5S. The van der Waals surface area contributed by atoms with Crippen LogP contribution < -0.4 is 16.4 Å². The normalized spacial score (nSPS) is 17.5. The molecule has 1 saturated heterocycles. The predicted molar refractivity (Wildman–Crippen MR) is 91.4 cm³/mol. The standard InChI is InChI=1S/C15H22N4O5S/c16-11-2-5-13(6-3-11)25(23,24)19(9-1-8-17-15(21)22)10-12-4-7-14(20)18-12/h2-3,5-6,12,17H,1,4,7-10,16H2,(H,18,20)(H,21,22)/t12-/m1/s1. The minimum atomic E-state index is -3.77. The SMILES string of the molecule is Nc1ccc(S(=O)(=O)N(CCCNC(=O)O)C[C@H]2CCC(=O)N2)cc1. The summed E-state index contributed by atoms with van der Waals surface area (Å²) in [6.45, 7) is 0.422. The lowest BCUT2D eigenvalue weighted by Crippen LogP contribution is -2.43. The fourth-order valence-corrected chi connectivity index (χ4v) is 4.13. The van der Waals surface area contributed by atoms with Crippen LogP contribution in [0.1, 0.15) is 19.3 Å². The van der Waals surface area contributed by atoms with E-state index in [2.05, 4.69) is 10.6 Å². The molecule has 10 heteroatoms. The van der Waals surface area contributed by atoms with E-state index in [4.69, 9.17) is 10.8 Å². The second-order valence-electron chi connectivity index (χ2n) is 5.82. The molecule has 2 amide bonds. The summed E-state index contributed by atoms with van der Waals surface area (Å²) < 4.78 is 27.0. The number of carbonyl (C=O) groups is 2. The number of nitrogens with zero attached hydrogens (tertiary/aromatic N) is 1. The third-order valence-corrected chi connectivity index (χ3v) is 5.77. The van der Waals surface area contributed by atoms with Gasteiger partial charge in [-0.25, -0.2) is 13.2 Å². The summed E-state index contributed by atoms with van der Waals surface area (Å²) in [5.74, 6) is -0.0950. The van der Waals surface area contributed by atoms with Crippen molar-refractivity contribution in [1.29, 1.82) is 0 Å². The number of nitrogen functional groups attached to an aromatic ring is 1. The molecule has 0 aromatic heterocycles. The van der Waals surface area contributed by atoms with Gasteiger partial charge in [-0.3, -0.25) is 4.79 Å². The molecule has 0 aliphatic carbocycles. The molecular weight excluding hydrogens is 348 g/mol. The molecule has 1 aromatic rings. The molecule has 25 heavy (non-hydrogen) atoms. The monoisotopic (exact) mass is 370 g/mol. The van der Waals surface area contributed by atoms with Gasteiger partial charge in [0.2, 0.25) is 15.9 Å². The number of anilines is 1. The molecule has 0 radical (unpaired) electrons. The van der Waals surface area contributed by atoms with Gasteiger partial charge < -0.3 is 21.5 Å². The second-order valence-corrected chi connectivity index (χ2v) is 7.76. The van der Waals surface area contributed by atoms with Gasteiger partial charge in [0.25, 0.3) is 0 Å². The van der Waals surface area contributed by atoms with Crippen molar-refractivity contribution in [3.63, 3.8) is 0 Å². The Hall–Kier alpha value is -2.33. The zero-order valence-electron chi connectivity index (χ0n) is 13.6. The molecule has 9 nitrogen and oxygen atoms in total. The molecule has 1 aliphatic rings. The molecule has 2 rings (SSSR count). The van der Waals surface area contributed by atoms with E-state index in [1.165, 1.54) is 28.6 Å². The summed E-state index contributed by atoms with van der Waals surface area (Å²) in [6, 6.07) is 5.63. The number of benzene rings is 1. The molecule has 1 atom stereocenters. The summed E-state index contributed by atoms with van der Waals surface area (Å²) >= 11 is 0. The minimum Gasteiger partial charge on any atom is -0.465 e. The summed E-state index contributed by atoms with van der Waals surface area (Å²) in [5, 5.41) is 13.6. The molecule has 1 heterocycles. The quantitative estimate of drug-likeness (QED) is 0.380. The Morgan fingerprint density at radius 1 is 1.36 bits per heavy atom. The highest BCUT2D eigenvalue weighted by atomic mass is 32.2. The highest BCUT2D eigenvalue weighted by molar-refractivity contribution is 7.89. The molecule has 0 bridgehead atoms. The minimum absolute atomic E-state index is 0.0950. The van der Waals surface area contributed by atoms with Crippen LogP contribution in [-0.4, -0.2) is 55.5 Å². The zero-order chi connectivity index (χ0) is 18.4. The second kappa shape index (κ2) is 8.17. The number of hydrogen-bond acceptors (Lipinski definition) is 5. The van der Waals surface area contributed by atoms with Crippen LogP contribution in [0.5, 0.6) is 0 Å². The molecule has 138 valence electrons. The molecule has 0 saturated carbocycles. The van der Waals surface area contributed by atoms with Crippen molar-refractivity contribution in [2.45, 2.75) is 30.2 Å². The lowest BCUT2D eigenvalue weighted by molar-refractivity contribution is -0.119. The molecule has 5 N–H and O–H groups in total. The average molecular weight is 370 g/mol. The number of nitrogens with one attached hydrogen (secondary N) is 2. The molecule has 0 spiro atoms. The summed E-state index contributed by atoms with van der Waals surface area (Å²) in [7, 11) is -3.77. The van der Waals surface area contributed by atoms with E-state index in [-0.39, 0.29) is 36.5 Å². The van der Waals surface area contributed by atoms with Gasteiger partial charge in [-0.2, -0.15) is 4.31 Å². The Balaban J connectivity index is 2.12. The van der Waals surface area contributed by atoms with E-state index in [9.17, 15) is 18.0 Å². The number of nitrogens with two attached hydrogens (primary N) is 1. The smallest absolute Gasteiger partial charge is 0.404 e. The summed E-state index contributed by atoms with van der Waals surface area (Å²) in [4.78, 5) is 22.0. The average Bonchev–Trinajstić information content (AvgIpc) is 2.95. The van der Waals surface area contributed by atoms with Gasteiger partial charge in [-0.1, -0.05) is 0 Å². The van der Waals surface area contributed by atoms with Crippen molar-refractivity contribution < 1.29 is 23.1 Å². The van der Waals surface area contributed by atoms with Crippen LogP contribution in [0.2, 0.25) is 0 Å². The van der Waals surface area contributed by atoms with Crippen molar-refractivity contribution in [1.82, 2.24) is 14.9 Å². The van der Waals surface area contributed by atoms with Gasteiger partial charge in [0.1, 0.15) is 0 Å². The van der Waals surface area contributed by atoms with Crippen LogP contribution in [0.15, 0.2) is 29.2 Å². The highest BCUT2D eigenvalue weighted by Crippen LogP contribution is 2.19. The van der Waals surface area contributed by atoms with Crippen LogP contribution in [0.4, 0.5) is 10.5 Å². The molecule has 0 unspecified atom stereocenters. The fraction of sp³-hybridized carbons (Fsp3) is 0.467. The van der Waals surface area contributed by atoms with E-state index in [0.29, 0.717) is 24.9 Å². The third-order valence-electron chi connectivity index (χ3n) is 3.89. The van der Waals surface area contributed by atoms with Crippen LogP contribution >= 0.6 is 0 Å². The van der Waals surface area contributed by atoms with Crippen LogP contribution in [-0.2, 0) is 14.8 Å². The Bertz CT molecular complexity index is 720. The van der Waals surface area contributed by atoms with E-state index in [1.807, 2.05) is 0 Å². The number of carboxylic acid groups (broad SMARTS) is 1. The van der Waals surface area contributed by atoms with Crippen LogP contribution in [0, 0.1) is 0 Å². The first-order chi connectivity index (χ1) is 11.8. The first-order valence-corrected chi connectivity index (χ1v) is 9.35. The van der Waals surface area contributed by atoms with Crippen molar-refractivity contribution in [3.05, 3.63) is 24.3 Å². The summed E-state index contributed by atoms with van der Waals surface area (Å²) in [6.07, 6.45) is 0.110. The van der Waals surface area contributed by atoms with Gasteiger partial charge in [-0.05, 0) is 37.1 Å². The van der Waals surface area contributed by atoms with Gasteiger partial charge >= 0.3 is 6.09 Å². The van der Waals surface area contributed by atoms with Gasteiger partial charge in [0.05, 0.1) is 4.90 Å². The van der Waals surface area contributed by atoms with Crippen molar-refractivity contribution in [3.8, 4) is 0 Å². The molecule has 1 aliphatic heterocycles. The van der Waals surface area contributed by atoms with Crippen molar-refractivity contribution in [2.75, 3.05) is 25.4 Å². The maximum absolute atomic E-state index is 12.9. The first kappa shape index (κ1) is 19.0. The lowest BCUT2D eigenvalue weighted by Gasteiger charge is -2.25. The summed E-state index contributed by atoms with van der Waals surface area (Å²) in [5.41, 5.74) is 6.06. The largest absolute Gasteiger partial charge is 0.465 e. The topological polar surface area (TPSA) is 142 Å².